The fraction of sp³-hybridized carbons (Fsp3) is 0.323. The van der Waals surface area contributed by atoms with Gasteiger partial charge in [-0.1, -0.05) is 54.8 Å². The number of pyridine rings is 1. The van der Waals surface area contributed by atoms with Crippen LogP contribution in [0.4, 0.5) is 22.7 Å². The number of nitro groups is 1. The summed E-state index contributed by atoms with van der Waals surface area (Å²) in [4.78, 5) is 89.4. The van der Waals surface area contributed by atoms with Gasteiger partial charge in [-0.3, -0.25) is 49.2 Å². The Bertz CT molecular complexity index is 3850. The van der Waals surface area contributed by atoms with E-state index in [4.69, 9.17) is 25.8 Å². The number of benzene rings is 5. The van der Waals surface area contributed by atoms with Gasteiger partial charge in [0.1, 0.15) is 34.6 Å². The number of sulfonamides is 1. The number of hydrogen-bond donors (Lipinski definition) is 5. The number of H-pyrrole nitrogens is 1. The quantitative estimate of drug-likeness (QED) is 0.0173. The number of piperidine rings is 1. The zero-order chi connectivity index (χ0) is 59.9. The topological polar surface area (TPSA) is 277 Å². The molecule has 2 aromatic heterocycles. The molecule has 0 spiro atoms. The maximum absolute atomic E-state index is 14.1. The minimum Gasteiger partial charge on any atom is -0.493 e. The molecule has 24 heteroatoms. The maximum atomic E-state index is 14.1. The third-order valence-corrected chi connectivity index (χ3v) is 17.5. The molecule has 446 valence electrons. The first kappa shape index (κ1) is 58.9. The van der Waals surface area contributed by atoms with Crippen molar-refractivity contribution in [2.45, 2.75) is 68.8 Å². The number of fused-ring (bicyclic) bond motifs is 2. The van der Waals surface area contributed by atoms with Crippen LogP contribution in [0.3, 0.4) is 0 Å². The van der Waals surface area contributed by atoms with E-state index in [0.717, 1.165) is 83.0 Å². The molecule has 0 aliphatic carbocycles. The summed E-state index contributed by atoms with van der Waals surface area (Å²) in [5, 5.41) is 22.2. The minimum absolute atomic E-state index is 0.0455. The zero-order valence-electron chi connectivity index (χ0n) is 46.9. The van der Waals surface area contributed by atoms with Crippen LogP contribution < -0.4 is 35.0 Å². The summed E-state index contributed by atoms with van der Waals surface area (Å²) in [7, 11) is -4.63. The van der Waals surface area contributed by atoms with E-state index in [1.165, 1.54) is 24.4 Å². The third kappa shape index (κ3) is 13.3. The molecular weight excluding hydrogens is 1140 g/mol. The normalized spacial score (nSPS) is 16.7. The molecule has 5 aromatic carbocycles. The molecule has 1 atom stereocenters. The average molecular weight is 1210 g/mol. The predicted molar refractivity (Wildman–Crippen MR) is 322 cm³/mol. The molecule has 7 aromatic rings. The Kier molecular flexibility index (Phi) is 17.9. The second kappa shape index (κ2) is 26.2. The Balaban J connectivity index is 0.728. The van der Waals surface area contributed by atoms with E-state index in [-0.39, 0.29) is 46.9 Å². The first-order chi connectivity index (χ1) is 41.7. The number of carbonyl (C=O) groups excluding carboxylic acids is 5. The zero-order valence-corrected chi connectivity index (χ0v) is 48.4. The highest BCUT2D eigenvalue weighted by Crippen LogP contribution is 2.37. The van der Waals surface area contributed by atoms with E-state index >= 15 is 0 Å². The Labute approximate surface area is 500 Å². The number of halogens is 1. The van der Waals surface area contributed by atoms with E-state index in [1.807, 2.05) is 42.5 Å². The Hall–Kier alpha value is -8.90. The van der Waals surface area contributed by atoms with E-state index in [0.29, 0.717) is 87.7 Å². The molecule has 4 aliphatic rings. The van der Waals surface area contributed by atoms with Gasteiger partial charge in [0.05, 0.1) is 39.3 Å². The molecule has 0 saturated carbocycles. The largest absolute Gasteiger partial charge is 0.493 e. The highest BCUT2D eigenvalue weighted by Gasteiger charge is 2.45. The van der Waals surface area contributed by atoms with Crippen molar-refractivity contribution in [1.82, 2.24) is 29.8 Å². The molecule has 1 unspecified atom stereocenters. The Morgan fingerprint density at radius 3 is 2.38 bits per heavy atom. The first-order valence-electron chi connectivity index (χ1n) is 28.7. The van der Waals surface area contributed by atoms with Crippen LogP contribution >= 0.6 is 11.6 Å². The van der Waals surface area contributed by atoms with Crippen LogP contribution in [0, 0.1) is 16.0 Å². The second-order valence-electron chi connectivity index (χ2n) is 21.6. The van der Waals surface area contributed by atoms with Gasteiger partial charge in [0.15, 0.2) is 0 Å². The molecule has 4 aliphatic heterocycles. The molecule has 11 rings (SSSR count). The van der Waals surface area contributed by atoms with Crippen LogP contribution in [-0.2, 0) is 30.9 Å². The highest BCUT2D eigenvalue weighted by molar-refractivity contribution is 7.90. The molecule has 0 radical (unpaired) electrons. The minimum atomic E-state index is -4.63. The van der Waals surface area contributed by atoms with E-state index < -0.39 is 61.1 Å². The van der Waals surface area contributed by atoms with Gasteiger partial charge in [0.25, 0.3) is 33.4 Å². The Morgan fingerprint density at radius 2 is 1.59 bits per heavy atom. The fourth-order valence-electron chi connectivity index (χ4n) is 11.3. The van der Waals surface area contributed by atoms with Crippen LogP contribution in [0.25, 0.3) is 22.2 Å². The van der Waals surface area contributed by atoms with Gasteiger partial charge < -0.3 is 34.7 Å². The highest BCUT2D eigenvalue weighted by atomic mass is 35.5. The lowest BCUT2D eigenvalue weighted by Gasteiger charge is -2.37. The standard InChI is InChI=1S/C62H63ClN10O12S/c63-42-13-11-40(12-14-42)46-7-6-10-54(84-30-4-2-1-3-24-64-51-9-5-8-48-57(51)62(78)72(61(48)77)52-19-20-56(74)68-60(52)76)49(46)38-70-26-28-71(29-27-70)43-15-17-47(55(34-43)85-44-33-41-21-25-65-58(41)67-37-44)59(75)69-86(81,82)45-16-18-50(53(35-45)73(79)80)66-36-39-22-31-83-32-23-39/h5-18,21,25,33-35,37,39,52,64,66H,1-4,19-20,22-24,26-32,36,38H2,(H,65,67)(H,69,75)(H,68,74,76). The van der Waals surface area contributed by atoms with Crippen molar-refractivity contribution in [3.8, 4) is 28.4 Å². The summed E-state index contributed by atoms with van der Waals surface area (Å²) in [6.07, 6.45) is 8.27. The summed E-state index contributed by atoms with van der Waals surface area (Å²) < 4.78 is 48.2. The average Bonchev–Trinajstić information content (AvgIpc) is 1.94. The summed E-state index contributed by atoms with van der Waals surface area (Å²) in [5.74, 6) is -1.81. The van der Waals surface area contributed by atoms with Crippen molar-refractivity contribution in [3.05, 3.63) is 159 Å². The van der Waals surface area contributed by atoms with Crippen molar-refractivity contribution < 1.29 is 51.5 Å². The molecule has 5 amide bonds. The van der Waals surface area contributed by atoms with Crippen molar-refractivity contribution in [3.63, 3.8) is 0 Å². The molecule has 5 N–H and O–H groups in total. The SMILES string of the molecule is O=C1CCC(N2C(=O)c3cccc(NCCCCCCOc4cccc(-c5ccc(Cl)cc5)c4CN4CCN(c5ccc(C(=O)NS(=O)(=O)c6ccc(NCC7CCOCC7)c([N+](=O)[O-])c6)c(Oc6cnc7[nH]ccc7c6)c5)CC4)c3C2=O)C(=O)N1. The smallest absolute Gasteiger partial charge is 0.293 e. The van der Waals surface area contributed by atoms with Crippen LogP contribution in [0.5, 0.6) is 17.2 Å². The number of aromatic amines is 1. The monoisotopic (exact) mass is 1210 g/mol. The number of nitrogens with zero attached hydrogens (tertiary/aromatic N) is 5. The van der Waals surface area contributed by atoms with Crippen LogP contribution in [0.15, 0.2) is 126 Å². The number of hydrogen-bond acceptors (Lipinski definition) is 17. The number of unbranched alkanes of at least 4 members (excludes halogenated alkanes) is 3. The lowest BCUT2D eigenvalue weighted by molar-refractivity contribution is -0.384. The number of carbonyl (C=O) groups is 5. The third-order valence-electron chi connectivity index (χ3n) is 16.0. The van der Waals surface area contributed by atoms with Gasteiger partial charge in [-0.25, -0.2) is 18.1 Å². The van der Waals surface area contributed by atoms with Gasteiger partial charge in [0, 0.05) is 111 Å². The van der Waals surface area contributed by atoms with Crippen LogP contribution in [-0.4, -0.2) is 128 Å². The molecule has 3 fully saturated rings. The molecule has 0 bridgehead atoms. The number of imide groups is 2. The molecule has 6 heterocycles. The number of nitro benzene ring substituents is 1. The molecule has 86 heavy (non-hydrogen) atoms. The number of nitrogens with one attached hydrogen (secondary N) is 5. The maximum Gasteiger partial charge on any atom is 0.293 e. The number of aromatic nitrogens is 2. The van der Waals surface area contributed by atoms with Crippen LogP contribution in [0.2, 0.25) is 5.02 Å². The molecule has 3 saturated heterocycles. The van der Waals surface area contributed by atoms with E-state index in [9.17, 15) is 42.5 Å². The van der Waals surface area contributed by atoms with Crippen molar-refractivity contribution >= 4 is 84.9 Å². The fourth-order valence-corrected chi connectivity index (χ4v) is 12.4. The summed E-state index contributed by atoms with van der Waals surface area (Å²) in [6.45, 7) is 5.73. The number of ether oxygens (including phenoxy) is 3. The summed E-state index contributed by atoms with van der Waals surface area (Å²) in [5.41, 5.74) is 4.98. The summed E-state index contributed by atoms with van der Waals surface area (Å²) in [6, 6.07) is 29.7. The number of amides is 5. The van der Waals surface area contributed by atoms with E-state index in [2.05, 4.69) is 46.5 Å². The molecule has 22 nitrogen and oxygen atoms in total. The van der Waals surface area contributed by atoms with E-state index in [1.54, 1.807) is 42.6 Å². The lowest BCUT2D eigenvalue weighted by Crippen LogP contribution is -2.54. The van der Waals surface area contributed by atoms with Gasteiger partial charge in [-0.2, -0.15) is 0 Å². The number of rotatable bonds is 23. The van der Waals surface area contributed by atoms with Crippen molar-refractivity contribution in [1.29, 1.82) is 0 Å². The summed E-state index contributed by atoms with van der Waals surface area (Å²) >= 11 is 6.34. The van der Waals surface area contributed by atoms with Gasteiger partial charge in [-0.15, -0.1) is 0 Å². The lowest BCUT2D eigenvalue weighted by atomic mass is 9.98. The van der Waals surface area contributed by atoms with Crippen molar-refractivity contribution in [2.75, 3.05) is 74.6 Å². The number of anilines is 3. The van der Waals surface area contributed by atoms with Gasteiger partial charge in [0.2, 0.25) is 11.8 Å². The van der Waals surface area contributed by atoms with Crippen molar-refractivity contribution in [2.24, 2.45) is 5.92 Å². The van der Waals surface area contributed by atoms with Gasteiger partial charge in [-0.05, 0) is 116 Å². The second-order valence-corrected chi connectivity index (χ2v) is 23.7. The molecular formula is C62H63ClN10O12S. The Morgan fingerprint density at radius 1 is 0.814 bits per heavy atom. The van der Waals surface area contributed by atoms with Gasteiger partial charge >= 0.3 is 0 Å². The van der Waals surface area contributed by atoms with Crippen LogP contribution in [0.1, 0.15) is 88.0 Å². The predicted octanol–water partition coefficient (Wildman–Crippen LogP) is 9.32. The number of piperazine rings is 1. The first-order valence-corrected chi connectivity index (χ1v) is 30.5.